The van der Waals surface area contributed by atoms with Crippen molar-refractivity contribution < 1.29 is 22.7 Å². The molecule has 0 radical (unpaired) electrons. The van der Waals surface area contributed by atoms with Gasteiger partial charge in [-0.1, -0.05) is 32.8 Å². The minimum absolute atomic E-state index is 0.171. The van der Waals surface area contributed by atoms with E-state index in [0.29, 0.717) is 28.2 Å². The number of carbonyl (C=O) groups excluding carboxylic acids is 1. The zero-order valence-corrected chi connectivity index (χ0v) is 24.4. The zero-order chi connectivity index (χ0) is 30.0. The van der Waals surface area contributed by atoms with E-state index in [0.717, 1.165) is 43.5 Å². The monoisotopic (exact) mass is 571 g/mol. The van der Waals surface area contributed by atoms with Gasteiger partial charge in [0.2, 0.25) is 0 Å². The van der Waals surface area contributed by atoms with Crippen LogP contribution >= 0.6 is 0 Å². The van der Waals surface area contributed by atoms with Gasteiger partial charge in [0.1, 0.15) is 12.3 Å². The number of nitrogens with zero attached hydrogens (tertiary/aromatic N) is 2. The molecule has 1 aliphatic heterocycles. The minimum Gasteiger partial charge on any atom is -0.495 e. The highest BCUT2D eigenvalue weighted by molar-refractivity contribution is 5.95. The van der Waals surface area contributed by atoms with Gasteiger partial charge in [-0.3, -0.25) is 4.79 Å². The second kappa shape index (κ2) is 14.7. The highest BCUT2D eigenvalue weighted by Gasteiger charge is 2.30. The lowest BCUT2D eigenvalue weighted by Gasteiger charge is -2.32. The van der Waals surface area contributed by atoms with Gasteiger partial charge in [-0.25, -0.2) is 0 Å². The van der Waals surface area contributed by atoms with E-state index < -0.39 is 12.7 Å². The first-order chi connectivity index (χ1) is 19.7. The van der Waals surface area contributed by atoms with Gasteiger partial charge in [-0.05, 0) is 61.7 Å². The molecule has 1 fully saturated rings. The van der Waals surface area contributed by atoms with Gasteiger partial charge in [-0.15, -0.1) is 0 Å². The van der Waals surface area contributed by atoms with Gasteiger partial charge in [0.25, 0.3) is 5.91 Å². The maximum absolute atomic E-state index is 13.5. The van der Waals surface area contributed by atoms with Crippen molar-refractivity contribution in [2.75, 3.05) is 51.0 Å². The second-order valence-corrected chi connectivity index (χ2v) is 9.47. The number of anilines is 2. The SMILES string of the molecule is CC.CCN1CCC(Nc2cccc3c2cc(C#CCNc2ccc(C(=O)NC)cc2OC)n3CC(F)(F)F)CC1. The molecule has 7 nitrogen and oxygen atoms in total. The van der Waals surface area contributed by atoms with Crippen LogP contribution in [0.3, 0.4) is 0 Å². The summed E-state index contributed by atoms with van der Waals surface area (Å²) in [6.07, 6.45) is -2.42. The van der Waals surface area contributed by atoms with Crippen molar-refractivity contribution in [1.82, 2.24) is 14.8 Å². The molecule has 41 heavy (non-hydrogen) atoms. The summed E-state index contributed by atoms with van der Waals surface area (Å²) in [5.74, 6) is 6.09. The molecule has 4 rings (SSSR count). The number of fused-ring (bicyclic) bond motifs is 1. The normalized spacial score (nSPS) is 14.0. The average molecular weight is 572 g/mol. The number of alkyl halides is 3. The van der Waals surface area contributed by atoms with Crippen molar-refractivity contribution in [3.8, 4) is 17.6 Å². The Hall–Kier alpha value is -3.84. The lowest BCUT2D eigenvalue weighted by Crippen LogP contribution is -2.38. The van der Waals surface area contributed by atoms with E-state index in [9.17, 15) is 18.0 Å². The third kappa shape index (κ3) is 8.33. The van der Waals surface area contributed by atoms with Crippen molar-refractivity contribution >= 4 is 28.2 Å². The molecule has 0 bridgehead atoms. The Balaban J connectivity index is 0.00000226. The second-order valence-electron chi connectivity index (χ2n) is 9.47. The smallest absolute Gasteiger partial charge is 0.406 e. The summed E-state index contributed by atoms with van der Waals surface area (Å²) >= 11 is 0. The number of benzene rings is 2. The molecule has 10 heteroatoms. The molecule has 1 saturated heterocycles. The maximum Gasteiger partial charge on any atom is 0.406 e. The Kier molecular flexibility index (Phi) is 11.4. The standard InChI is InChI=1S/C29H34F3N5O2.C2H6/c1-4-36-15-12-21(13-16-36)35-24-8-5-9-26-23(24)18-22(37(26)19-29(30,31)32)7-6-14-34-25-11-10-20(28(38)33-2)17-27(25)39-3;1-2/h5,8-11,17-18,21,34-35H,4,12-16,19H2,1-3H3,(H,33,38);1-2H3. The fraction of sp³-hybridized carbons (Fsp3) is 0.452. The number of likely N-dealkylation sites (tertiary alicyclic amines) is 1. The van der Waals surface area contributed by atoms with E-state index in [1.54, 1.807) is 43.4 Å². The lowest BCUT2D eigenvalue weighted by atomic mass is 10.0. The third-order valence-electron chi connectivity index (χ3n) is 6.95. The number of hydrogen-bond donors (Lipinski definition) is 3. The van der Waals surface area contributed by atoms with Gasteiger partial charge in [0.05, 0.1) is 30.6 Å². The van der Waals surface area contributed by atoms with Gasteiger partial charge in [-0.2, -0.15) is 13.2 Å². The van der Waals surface area contributed by atoms with E-state index in [4.69, 9.17) is 4.74 Å². The van der Waals surface area contributed by atoms with E-state index in [-0.39, 0.29) is 18.5 Å². The molecule has 0 unspecified atom stereocenters. The Morgan fingerprint density at radius 3 is 2.46 bits per heavy atom. The predicted octanol–water partition coefficient (Wildman–Crippen LogP) is 5.96. The summed E-state index contributed by atoms with van der Waals surface area (Å²) < 4.78 is 47.2. The van der Waals surface area contributed by atoms with Gasteiger partial charge in [0, 0.05) is 42.8 Å². The number of amides is 1. The molecule has 3 N–H and O–H groups in total. The molecule has 0 atom stereocenters. The van der Waals surface area contributed by atoms with Crippen LogP contribution in [-0.4, -0.2) is 67.9 Å². The number of methoxy groups -OCH3 is 1. The highest BCUT2D eigenvalue weighted by atomic mass is 19.4. The number of piperidine rings is 1. The Morgan fingerprint density at radius 2 is 1.83 bits per heavy atom. The van der Waals surface area contributed by atoms with E-state index >= 15 is 0 Å². The first-order valence-electron chi connectivity index (χ1n) is 14.0. The summed E-state index contributed by atoms with van der Waals surface area (Å²) in [4.78, 5) is 14.3. The molecule has 0 spiro atoms. The number of halogens is 3. The fourth-order valence-corrected chi connectivity index (χ4v) is 4.87. The molecule has 1 aromatic heterocycles. The fourth-order valence-electron chi connectivity index (χ4n) is 4.87. The number of rotatable bonds is 8. The van der Waals surface area contributed by atoms with Crippen LogP contribution in [0.15, 0.2) is 42.5 Å². The van der Waals surface area contributed by atoms with Crippen LogP contribution in [-0.2, 0) is 6.54 Å². The highest BCUT2D eigenvalue weighted by Crippen LogP contribution is 2.31. The molecule has 222 valence electrons. The van der Waals surface area contributed by atoms with Crippen LogP contribution in [0.4, 0.5) is 24.5 Å². The summed E-state index contributed by atoms with van der Waals surface area (Å²) in [6, 6.07) is 12.4. The number of carbonyl (C=O) groups is 1. The average Bonchev–Trinajstić information content (AvgIpc) is 3.32. The summed E-state index contributed by atoms with van der Waals surface area (Å²) in [5, 5.41) is 9.97. The number of nitrogens with one attached hydrogen (secondary N) is 3. The van der Waals surface area contributed by atoms with Crippen LogP contribution < -0.4 is 20.7 Å². The third-order valence-corrected chi connectivity index (χ3v) is 6.95. The zero-order valence-electron chi connectivity index (χ0n) is 24.4. The van der Waals surface area contributed by atoms with Gasteiger partial charge < -0.3 is 30.2 Å². The summed E-state index contributed by atoms with van der Waals surface area (Å²) in [5.41, 5.74) is 2.68. The molecular formula is C31H40F3N5O2. The topological polar surface area (TPSA) is 70.6 Å². The van der Waals surface area contributed by atoms with E-state index in [1.165, 1.54) is 11.7 Å². The van der Waals surface area contributed by atoms with Crippen molar-refractivity contribution in [2.24, 2.45) is 0 Å². The maximum atomic E-state index is 13.5. The van der Waals surface area contributed by atoms with Gasteiger partial charge in [0.15, 0.2) is 0 Å². The lowest BCUT2D eigenvalue weighted by molar-refractivity contribution is -0.140. The van der Waals surface area contributed by atoms with E-state index in [1.807, 2.05) is 19.9 Å². The molecule has 0 saturated carbocycles. The molecule has 3 aromatic rings. The van der Waals surface area contributed by atoms with Crippen molar-refractivity contribution in [2.45, 2.75) is 52.4 Å². The molecule has 0 aliphatic carbocycles. The van der Waals surface area contributed by atoms with E-state index in [2.05, 4.69) is 39.6 Å². The van der Waals surface area contributed by atoms with Crippen molar-refractivity contribution in [3.05, 3.63) is 53.7 Å². The predicted molar refractivity (Wildman–Crippen MR) is 160 cm³/mol. The van der Waals surface area contributed by atoms with Crippen LogP contribution in [0.1, 0.15) is 49.7 Å². The Labute approximate surface area is 240 Å². The molecule has 1 amide bonds. The minimum atomic E-state index is -4.39. The van der Waals surface area contributed by atoms with Crippen LogP contribution in [0, 0.1) is 11.8 Å². The van der Waals surface area contributed by atoms with Crippen molar-refractivity contribution in [1.29, 1.82) is 0 Å². The number of ether oxygens (including phenoxy) is 1. The quantitative estimate of drug-likeness (QED) is 0.291. The molecular weight excluding hydrogens is 531 g/mol. The Morgan fingerprint density at radius 1 is 1.10 bits per heavy atom. The van der Waals surface area contributed by atoms with Gasteiger partial charge >= 0.3 is 6.18 Å². The van der Waals surface area contributed by atoms with Crippen LogP contribution in [0.5, 0.6) is 5.75 Å². The number of hydrogen-bond acceptors (Lipinski definition) is 5. The molecule has 1 aliphatic rings. The van der Waals surface area contributed by atoms with Crippen molar-refractivity contribution in [3.63, 3.8) is 0 Å². The first kappa shape index (κ1) is 31.7. The Bertz CT molecular complexity index is 1370. The molecule has 2 aromatic carbocycles. The largest absolute Gasteiger partial charge is 0.495 e. The number of aromatic nitrogens is 1. The molecule has 2 heterocycles. The van der Waals surface area contributed by atoms with Crippen LogP contribution in [0.25, 0.3) is 10.9 Å². The summed E-state index contributed by atoms with van der Waals surface area (Å²) in [7, 11) is 3.04. The first-order valence-corrected chi connectivity index (χ1v) is 14.0. The summed E-state index contributed by atoms with van der Waals surface area (Å²) in [6.45, 7) is 8.22. The van der Waals surface area contributed by atoms with Crippen LogP contribution in [0.2, 0.25) is 0 Å².